The first kappa shape index (κ1) is 14.4. The maximum Gasteiger partial charge on any atom is 0.321 e. The van der Waals surface area contributed by atoms with Gasteiger partial charge in [0.15, 0.2) is 5.13 Å². The topological polar surface area (TPSA) is 54.0 Å². The Morgan fingerprint density at radius 2 is 2.47 bits per heavy atom. The molecule has 0 fully saturated rings. The van der Waals surface area contributed by atoms with Crippen LogP contribution in [0.3, 0.4) is 0 Å². The molecular formula is C12H13FIN3OS. The zero-order valence-corrected chi connectivity index (χ0v) is 13.0. The average molecular weight is 393 g/mol. The smallest absolute Gasteiger partial charge is 0.321 e. The number of nitrogens with one attached hydrogen (secondary N) is 2. The van der Waals surface area contributed by atoms with Crippen LogP contribution in [-0.2, 0) is 4.43 Å². The molecule has 7 heteroatoms. The maximum atomic E-state index is 13.0. The van der Waals surface area contributed by atoms with Crippen LogP contribution >= 0.6 is 33.9 Å². The largest absolute Gasteiger partial charge is 0.337 e. The number of allylic oxidation sites excluding steroid dienone is 3. The number of thiazole rings is 1. The number of rotatable bonds is 4. The molecule has 1 heterocycles. The molecule has 1 aromatic heterocycles. The van der Waals surface area contributed by atoms with E-state index in [2.05, 4.69) is 38.2 Å². The second-order valence-corrected chi connectivity index (χ2v) is 5.68. The normalized spacial score (nSPS) is 18.0. The Morgan fingerprint density at radius 3 is 3.16 bits per heavy atom. The highest BCUT2D eigenvalue weighted by Gasteiger charge is 2.11. The highest BCUT2D eigenvalue weighted by atomic mass is 127. The molecule has 0 aliphatic heterocycles. The first-order valence-electron chi connectivity index (χ1n) is 5.76. The van der Waals surface area contributed by atoms with Gasteiger partial charge in [-0.05, 0) is 18.6 Å². The van der Waals surface area contributed by atoms with Crippen LogP contribution in [0.1, 0.15) is 12.1 Å². The van der Waals surface area contributed by atoms with Gasteiger partial charge in [-0.3, -0.25) is 5.32 Å². The molecule has 102 valence electrons. The molecule has 2 rings (SSSR count). The van der Waals surface area contributed by atoms with Crippen molar-refractivity contribution in [2.45, 2.75) is 10.8 Å². The van der Waals surface area contributed by atoms with E-state index in [0.717, 1.165) is 16.5 Å². The minimum absolute atomic E-state index is 0.0111. The molecule has 0 bridgehead atoms. The summed E-state index contributed by atoms with van der Waals surface area (Å²) in [5.41, 5.74) is 0.948. The molecule has 0 spiro atoms. The lowest BCUT2D eigenvalue weighted by Gasteiger charge is -2.14. The number of nitrogens with zero attached hydrogens (tertiary/aromatic N) is 1. The van der Waals surface area contributed by atoms with Gasteiger partial charge in [-0.2, -0.15) is 0 Å². The lowest BCUT2D eigenvalue weighted by atomic mass is 10.0. The number of aromatic nitrogens is 1. The fraction of sp³-hybridized carbons (Fsp3) is 0.333. The highest BCUT2D eigenvalue weighted by Crippen LogP contribution is 2.18. The van der Waals surface area contributed by atoms with Crippen molar-refractivity contribution in [3.63, 3.8) is 0 Å². The Labute approximate surface area is 128 Å². The minimum Gasteiger partial charge on any atom is -0.337 e. The van der Waals surface area contributed by atoms with E-state index in [4.69, 9.17) is 0 Å². The van der Waals surface area contributed by atoms with Crippen LogP contribution in [-0.4, -0.2) is 17.6 Å². The number of carbonyl (C=O) groups is 1. The maximum absolute atomic E-state index is 13.0. The van der Waals surface area contributed by atoms with Crippen molar-refractivity contribution in [3.8, 4) is 0 Å². The van der Waals surface area contributed by atoms with Gasteiger partial charge in [0.05, 0.1) is 5.69 Å². The van der Waals surface area contributed by atoms with Crippen LogP contribution in [0, 0.1) is 5.92 Å². The monoisotopic (exact) mass is 393 g/mol. The van der Waals surface area contributed by atoms with E-state index in [1.165, 1.54) is 23.5 Å². The predicted octanol–water partition coefficient (Wildman–Crippen LogP) is 3.63. The summed E-state index contributed by atoms with van der Waals surface area (Å²) >= 11 is 3.61. The number of hydrogen-bond donors (Lipinski definition) is 2. The second kappa shape index (κ2) is 6.99. The Hall–Kier alpha value is -0.960. The van der Waals surface area contributed by atoms with Crippen molar-refractivity contribution in [1.29, 1.82) is 0 Å². The van der Waals surface area contributed by atoms with Gasteiger partial charge in [-0.15, -0.1) is 11.3 Å². The van der Waals surface area contributed by atoms with Gasteiger partial charge in [0, 0.05) is 22.3 Å². The van der Waals surface area contributed by atoms with Crippen LogP contribution in [0.15, 0.2) is 29.4 Å². The Bertz CT molecular complexity index is 515. The van der Waals surface area contributed by atoms with Gasteiger partial charge in [-0.1, -0.05) is 28.7 Å². The van der Waals surface area contributed by atoms with Crippen molar-refractivity contribution in [2.24, 2.45) is 5.92 Å². The van der Waals surface area contributed by atoms with Crippen LogP contribution in [0.5, 0.6) is 0 Å². The van der Waals surface area contributed by atoms with E-state index < -0.39 is 0 Å². The lowest BCUT2D eigenvalue weighted by molar-refractivity contribution is 0.251. The van der Waals surface area contributed by atoms with Gasteiger partial charge in [0.25, 0.3) is 0 Å². The van der Waals surface area contributed by atoms with Crippen molar-refractivity contribution in [3.05, 3.63) is 35.1 Å². The Morgan fingerprint density at radius 1 is 1.63 bits per heavy atom. The standard InChI is InChI=1S/C12H13FIN3OS/c13-9-3-1-2-8(4-9)6-15-11(18)17-12-16-10(5-14)7-19-12/h1,3-4,7-8H,2,5-6H2,(H2,15,16,17,18). The molecule has 0 saturated carbocycles. The molecule has 1 aliphatic carbocycles. The summed E-state index contributed by atoms with van der Waals surface area (Å²) in [5, 5.41) is 7.87. The zero-order chi connectivity index (χ0) is 13.7. The summed E-state index contributed by atoms with van der Waals surface area (Å²) in [6.07, 6.45) is 5.48. The van der Waals surface area contributed by atoms with E-state index >= 15 is 0 Å². The van der Waals surface area contributed by atoms with Crippen molar-refractivity contribution in [2.75, 3.05) is 11.9 Å². The molecule has 2 N–H and O–H groups in total. The second-order valence-electron chi connectivity index (χ2n) is 4.06. The van der Waals surface area contributed by atoms with Crippen molar-refractivity contribution < 1.29 is 9.18 Å². The summed E-state index contributed by atoms with van der Waals surface area (Å²) < 4.78 is 13.8. The van der Waals surface area contributed by atoms with E-state index in [1.54, 1.807) is 6.08 Å². The molecular weight excluding hydrogens is 380 g/mol. The van der Waals surface area contributed by atoms with Crippen LogP contribution in [0.25, 0.3) is 0 Å². The summed E-state index contributed by atoms with van der Waals surface area (Å²) in [7, 11) is 0. The highest BCUT2D eigenvalue weighted by molar-refractivity contribution is 14.1. The molecule has 19 heavy (non-hydrogen) atoms. The van der Waals surface area contributed by atoms with Gasteiger partial charge < -0.3 is 5.32 Å². The predicted molar refractivity (Wildman–Crippen MR) is 83.3 cm³/mol. The number of carbonyl (C=O) groups excluding carboxylic acids is 1. The van der Waals surface area contributed by atoms with Crippen LogP contribution < -0.4 is 10.6 Å². The molecule has 4 nitrogen and oxygen atoms in total. The molecule has 0 aromatic carbocycles. The molecule has 1 atom stereocenters. The molecule has 0 saturated heterocycles. The average Bonchev–Trinajstić information content (AvgIpc) is 2.84. The zero-order valence-electron chi connectivity index (χ0n) is 10.0. The molecule has 2 amide bonds. The third-order valence-electron chi connectivity index (χ3n) is 2.54. The van der Waals surface area contributed by atoms with Crippen molar-refractivity contribution in [1.82, 2.24) is 10.3 Å². The summed E-state index contributed by atoms with van der Waals surface area (Å²) in [5.74, 6) is -0.234. The quantitative estimate of drug-likeness (QED) is 0.607. The summed E-state index contributed by atoms with van der Waals surface area (Å²) in [6, 6.07) is -0.308. The third kappa shape index (κ3) is 4.57. The third-order valence-corrected chi connectivity index (χ3v) is 4.13. The van der Waals surface area contributed by atoms with Gasteiger partial charge in [-0.25, -0.2) is 14.2 Å². The lowest BCUT2D eigenvalue weighted by Crippen LogP contribution is -2.32. The Balaban J connectivity index is 1.77. The number of hydrogen-bond acceptors (Lipinski definition) is 3. The van der Waals surface area contributed by atoms with Crippen molar-refractivity contribution >= 4 is 45.1 Å². The summed E-state index contributed by atoms with van der Waals surface area (Å²) in [4.78, 5) is 15.9. The van der Waals surface area contributed by atoms with Crippen LogP contribution in [0.4, 0.5) is 14.3 Å². The van der Waals surface area contributed by atoms with Crippen LogP contribution in [0.2, 0.25) is 0 Å². The van der Waals surface area contributed by atoms with E-state index in [0.29, 0.717) is 11.7 Å². The number of urea groups is 1. The molecule has 1 aromatic rings. The van der Waals surface area contributed by atoms with E-state index in [9.17, 15) is 9.18 Å². The minimum atomic E-state index is -0.308. The number of amides is 2. The SMILES string of the molecule is O=C(NCC1C=C(F)C=CC1)Nc1nc(CI)cs1. The van der Waals surface area contributed by atoms with E-state index in [1.807, 2.05) is 5.38 Å². The first-order valence-corrected chi connectivity index (χ1v) is 8.17. The summed E-state index contributed by atoms with van der Waals surface area (Å²) in [6.45, 7) is 0.411. The van der Waals surface area contributed by atoms with Gasteiger partial charge >= 0.3 is 6.03 Å². The number of alkyl halides is 1. The van der Waals surface area contributed by atoms with E-state index in [-0.39, 0.29) is 17.8 Å². The fourth-order valence-electron chi connectivity index (χ4n) is 1.64. The number of anilines is 1. The van der Waals surface area contributed by atoms with Gasteiger partial charge in [0.2, 0.25) is 0 Å². The number of halogens is 2. The van der Waals surface area contributed by atoms with Gasteiger partial charge in [0.1, 0.15) is 5.83 Å². The molecule has 1 unspecified atom stereocenters. The molecule has 1 aliphatic rings. The molecule has 0 radical (unpaired) electrons. The fourth-order valence-corrected chi connectivity index (χ4v) is 3.03. The Kier molecular flexibility index (Phi) is 5.32. The first-order chi connectivity index (χ1) is 9.17.